The zero-order valence-electron chi connectivity index (χ0n) is 17.4. The van der Waals surface area contributed by atoms with Crippen LogP contribution in [0.1, 0.15) is 25.7 Å². The molecule has 2 heterocycles. The van der Waals surface area contributed by atoms with E-state index in [2.05, 4.69) is 20.8 Å². The summed E-state index contributed by atoms with van der Waals surface area (Å²) < 4.78 is 32.9. The SMILES string of the molecule is COCCNc1nnc(SCC(=O)Nc2ccc(S(=O)(=O)N3CCCCCC3)cc2)s1. The van der Waals surface area contributed by atoms with Crippen LogP contribution in [-0.4, -0.2) is 67.9 Å². The molecule has 1 aliphatic heterocycles. The van der Waals surface area contributed by atoms with Gasteiger partial charge in [-0.3, -0.25) is 4.79 Å². The molecule has 31 heavy (non-hydrogen) atoms. The first-order chi connectivity index (χ1) is 15.0. The molecular weight excluding hydrogens is 458 g/mol. The van der Waals surface area contributed by atoms with Crippen molar-refractivity contribution in [3.05, 3.63) is 24.3 Å². The summed E-state index contributed by atoms with van der Waals surface area (Å²) in [6.07, 6.45) is 3.92. The lowest BCUT2D eigenvalue weighted by atomic mass is 10.2. The predicted octanol–water partition coefficient (Wildman–Crippen LogP) is 2.89. The van der Waals surface area contributed by atoms with Crippen molar-refractivity contribution >= 4 is 49.8 Å². The van der Waals surface area contributed by atoms with Crippen molar-refractivity contribution in [1.82, 2.24) is 14.5 Å². The van der Waals surface area contributed by atoms with E-state index in [1.807, 2.05) is 0 Å². The Balaban J connectivity index is 1.49. The predicted molar refractivity (Wildman–Crippen MR) is 123 cm³/mol. The summed E-state index contributed by atoms with van der Waals surface area (Å²) in [5, 5.41) is 14.6. The van der Waals surface area contributed by atoms with Crippen LogP contribution in [0.3, 0.4) is 0 Å². The maximum atomic E-state index is 12.8. The average molecular weight is 486 g/mol. The Kier molecular flexibility index (Phi) is 9.08. The van der Waals surface area contributed by atoms with Gasteiger partial charge in [-0.2, -0.15) is 4.31 Å². The molecule has 1 aromatic heterocycles. The van der Waals surface area contributed by atoms with Gasteiger partial charge in [0.05, 0.1) is 17.3 Å². The van der Waals surface area contributed by atoms with Crippen LogP contribution in [0.5, 0.6) is 0 Å². The first kappa shape index (κ1) is 23.9. The molecule has 0 bridgehead atoms. The number of amides is 1. The van der Waals surface area contributed by atoms with Crippen LogP contribution in [0.15, 0.2) is 33.5 Å². The zero-order valence-corrected chi connectivity index (χ0v) is 19.8. The van der Waals surface area contributed by atoms with Crippen molar-refractivity contribution in [2.24, 2.45) is 0 Å². The summed E-state index contributed by atoms with van der Waals surface area (Å²) in [7, 11) is -1.87. The molecule has 0 atom stereocenters. The Labute approximate surface area is 191 Å². The van der Waals surface area contributed by atoms with E-state index in [-0.39, 0.29) is 16.6 Å². The molecule has 1 aliphatic rings. The number of ether oxygens (including phenoxy) is 1. The Morgan fingerprint density at radius 3 is 2.55 bits per heavy atom. The molecule has 2 N–H and O–H groups in total. The summed E-state index contributed by atoms with van der Waals surface area (Å²) in [4.78, 5) is 12.5. The lowest BCUT2D eigenvalue weighted by Crippen LogP contribution is -2.31. The standard InChI is InChI=1S/C19H27N5O4S3/c1-28-13-10-20-18-22-23-19(30-18)29-14-17(25)21-15-6-8-16(9-7-15)31(26,27)24-11-4-2-3-5-12-24/h6-9H,2-5,10-14H2,1H3,(H,20,22)(H,21,25). The van der Waals surface area contributed by atoms with Crippen LogP contribution in [0.2, 0.25) is 0 Å². The van der Waals surface area contributed by atoms with Crippen LogP contribution in [0.4, 0.5) is 10.8 Å². The lowest BCUT2D eigenvalue weighted by molar-refractivity contribution is -0.113. The van der Waals surface area contributed by atoms with Gasteiger partial charge in [-0.1, -0.05) is 35.9 Å². The fraction of sp³-hybridized carbons (Fsp3) is 0.526. The third-order valence-electron chi connectivity index (χ3n) is 4.66. The molecule has 0 radical (unpaired) electrons. The van der Waals surface area contributed by atoms with Crippen LogP contribution in [0.25, 0.3) is 0 Å². The minimum Gasteiger partial charge on any atom is -0.383 e. The summed E-state index contributed by atoms with van der Waals surface area (Å²) >= 11 is 2.67. The Bertz CT molecular complexity index is 942. The van der Waals surface area contributed by atoms with Gasteiger partial charge in [0, 0.05) is 32.4 Å². The van der Waals surface area contributed by atoms with Gasteiger partial charge in [-0.15, -0.1) is 10.2 Å². The minimum absolute atomic E-state index is 0.181. The smallest absolute Gasteiger partial charge is 0.243 e. The fourth-order valence-electron chi connectivity index (χ4n) is 3.07. The first-order valence-corrected chi connectivity index (χ1v) is 13.3. The molecule has 0 unspecified atom stereocenters. The number of thioether (sulfide) groups is 1. The molecule has 9 nitrogen and oxygen atoms in total. The number of nitrogens with zero attached hydrogens (tertiary/aromatic N) is 3. The van der Waals surface area contributed by atoms with Crippen LogP contribution < -0.4 is 10.6 Å². The number of benzene rings is 1. The van der Waals surface area contributed by atoms with Gasteiger partial charge in [0.25, 0.3) is 0 Å². The van der Waals surface area contributed by atoms with Gasteiger partial charge >= 0.3 is 0 Å². The number of rotatable bonds is 10. The number of aromatic nitrogens is 2. The molecule has 12 heteroatoms. The van der Waals surface area contributed by atoms with Gasteiger partial charge in [-0.25, -0.2) is 8.42 Å². The summed E-state index contributed by atoms with van der Waals surface area (Å²) in [6.45, 7) is 2.34. The zero-order chi connectivity index (χ0) is 22.1. The van der Waals surface area contributed by atoms with E-state index in [4.69, 9.17) is 4.74 Å². The number of hydrogen-bond acceptors (Lipinski definition) is 9. The molecule has 2 aromatic rings. The third kappa shape index (κ3) is 7.14. The van der Waals surface area contributed by atoms with Crippen molar-refractivity contribution in [3.8, 4) is 0 Å². The van der Waals surface area contributed by atoms with Crippen molar-refractivity contribution in [2.75, 3.05) is 49.7 Å². The Morgan fingerprint density at radius 1 is 1.16 bits per heavy atom. The van der Waals surface area contributed by atoms with Gasteiger partial charge in [-0.05, 0) is 37.1 Å². The summed E-state index contributed by atoms with van der Waals surface area (Å²) in [5.74, 6) is -0.0159. The van der Waals surface area contributed by atoms with E-state index < -0.39 is 10.0 Å². The fourth-order valence-corrected chi connectivity index (χ4v) is 6.16. The number of hydrogen-bond donors (Lipinski definition) is 2. The Hall–Kier alpha value is -1.73. The van der Waals surface area contributed by atoms with Crippen LogP contribution in [0, 0.1) is 0 Å². The molecule has 0 saturated carbocycles. The largest absolute Gasteiger partial charge is 0.383 e. The van der Waals surface area contributed by atoms with E-state index in [0.29, 0.717) is 41.4 Å². The highest BCUT2D eigenvalue weighted by molar-refractivity contribution is 8.01. The number of sulfonamides is 1. The Morgan fingerprint density at radius 2 is 1.87 bits per heavy atom. The maximum absolute atomic E-state index is 12.8. The first-order valence-electron chi connectivity index (χ1n) is 10.1. The van der Waals surface area contributed by atoms with Gasteiger partial charge < -0.3 is 15.4 Å². The van der Waals surface area contributed by atoms with E-state index in [0.717, 1.165) is 25.7 Å². The second-order valence-corrected chi connectivity index (χ2v) is 11.1. The van der Waals surface area contributed by atoms with Gasteiger partial charge in [0.2, 0.25) is 21.1 Å². The van der Waals surface area contributed by atoms with E-state index in [1.54, 1.807) is 35.7 Å². The highest BCUT2D eigenvalue weighted by Gasteiger charge is 2.25. The average Bonchev–Trinajstić information content (AvgIpc) is 3.03. The van der Waals surface area contributed by atoms with Crippen molar-refractivity contribution in [2.45, 2.75) is 34.9 Å². The number of anilines is 2. The molecule has 0 aliphatic carbocycles. The summed E-state index contributed by atoms with van der Waals surface area (Å²) in [6, 6.07) is 6.34. The molecule has 0 spiro atoms. The van der Waals surface area contributed by atoms with Crippen LogP contribution in [-0.2, 0) is 19.6 Å². The molecule has 1 aromatic carbocycles. The quantitative estimate of drug-likeness (QED) is 0.390. The molecular formula is C19H27N5O4S3. The minimum atomic E-state index is -3.49. The molecule has 3 rings (SSSR count). The van der Waals surface area contributed by atoms with Gasteiger partial charge in [0.15, 0.2) is 4.34 Å². The second-order valence-electron chi connectivity index (χ2n) is 6.97. The normalized spacial score (nSPS) is 15.4. The number of carbonyl (C=O) groups excluding carboxylic acids is 1. The number of carbonyl (C=O) groups is 1. The molecule has 1 fully saturated rings. The molecule has 1 amide bonds. The van der Waals surface area contributed by atoms with E-state index >= 15 is 0 Å². The monoisotopic (exact) mass is 485 g/mol. The number of nitrogens with one attached hydrogen (secondary N) is 2. The van der Waals surface area contributed by atoms with Gasteiger partial charge in [0.1, 0.15) is 0 Å². The molecule has 170 valence electrons. The van der Waals surface area contributed by atoms with Crippen molar-refractivity contribution in [1.29, 1.82) is 0 Å². The molecule has 1 saturated heterocycles. The van der Waals surface area contributed by atoms with E-state index in [1.165, 1.54) is 23.1 Å². The highest BCUT2D eigenvalue weighted by atomic mass is 32.2. The second kappa shape index (κ2) is 11.8. The third-order valence-corrected chi connectivity index (χ3v) is 8.58. The highest BCUT2D eigenvalue weighted by Crippen LogP contribution is 2.26. The maximum Gasteiger partial charge on any atom is 0.243 e. The van der Waals surface area contributed by atoms with Crippen LogP contribution >= 0.6 is 23.1 Å². The topological polar surface area (TPSA) is 114 Å². The summed E-state index contributed by atoms with van der Waals surface area (Å²) in [5.41, 5.74) is 0.555. The van der Waals surface area contributed by atoms with Crippen molar-refractivity contribution < 1.29 is 17.9 Å². The lowest BCUT2D eigenvalue weighted by Gasteiger charge is -2.20. The van der Waals surface area contributed by atoms with Crippen molar-refractivity contribution in [3.63, 3.8) is 0 Å². The number of methoxy groups -OCH3 is 1. The van der Waals surface area contributed by atoms with E-state index in [9.17, 15) is 13.2 Å².